The predicted octanol–water partition coefficient (Wildman–Crippen LogP) is 3.12. The minimum atomic E-state index is -3.81. The van der Waals surface area contributed by atoms with Crippen LogP contribution >= 0.6 is 15.9 Å². The van der Waals surface area contributed by atoms with E-state index in [1.165, 1.54) is 17.4 Å². The van der Waals surface area contributed by atoms with Gasteiger partial charge in [0.15, 0.2) is 0 Å². The highest BCUT2D eigenvalue weighted by Gasteiger charge is 2.26. The molecule has 1 N–H and O–H groups in total. The van der Waals surface area contributed by atoms with Crippen LogP contribution in [0.3, 0.4) is 0 Å². The molecule has 7 heteroatoms. The summed E-state index contributed by atoms with van der Waals surface area (Å²) in [6, 6.07) is 2.92. The molecule has 0 saturated carbocycles. The summed E-state index contributed by atoms with van der Waals surface area (Å²) in [5.74, 6) is -0.678. The van der Waals surface area contributed by atoms with E-state index in [0.29, 0.717) is 29.7 Å². The summed E-state index contributed by atoms with van der Waals surface area (Å²) in [7, 11) is -2.33. The summed E-state index contributed by atoms with van der Waals surface area (Å²) in [6.07, 6.45) is 1.63. The van der Waals surface area contributed by atoms with Crippen LogP contribution in [0.4, 0.5) is 4.39 Å². The van der Waals surface area contributed by atoms with Crippen molar-refractivity contribution in [3.63, 3.8) is 0 Å². The van der Waals surface area contributed by atoms with E-state index in [9.17, 15) is 12.8 Å². The van der Waals surface area contributed by atoms with Gasteiger partial charge in [-0.05, 0) is 25.1 Å². The summed E-state index contributed by atoms with van der Waals surface area (Å²) in [5.41, 5.74) is 0.341. The van der Waals surface area contributed by atoms with Crippen LogP contribution in [-0.4, -0.2) is 32.9 Å². The monoisotopic (exact) mass is 380 g/mol. The summed E-state index contributed by atoms with van der Waals surface area (Å²) in [5, 5.41) is 3.01. The fourth-order valence-corrected chi connectivity index (χ4v) is 3.86. The first-order chi connectivity index (χ1) is 9.84. The number of rotatable bonds is 8. The van der Waals surface area contributed by atoms with Gasteiger partial charge in [0.25, 0.3) is 0 Å². The standard InChI is InChI=1S/C14H22BrFN2O2S/c1-4-6-7-18(3)21(19,20)13-9-12(15)8-11(14(13)16)10-17-5-2/h8-9,17H,4-7,10H2,1-3H3. The Balaban J connectivity index is 3.19. The van der Waals surface area contributed by atoms with Crippen LogP contribution in [0.5, 0.6) is 0 Å². The van der Waals surface area contributed by atoms with Gasteiger partial charge in [0.2, 0.25) is 10.0 Å². The summed E-state index contributed by atoms with van der Waals surface area (Å²) < 4.78 is 41.2. The number of nitrogens with zero attached hydrogens (tertiary/aromatic N) is 1. The Morgan fingerprint density at radius 3 is 2.57 bits per heavy atom. The Bertz CT molecular complexity index is 579. The average Bonchev–Trinajstić information content (AvgIpc) is 2.44. The van der Waals surface area contributed by atoms with Crippen LogP contribution < -0.4 is 5.32 Å². The molecule has 0 saturated heterocycles. The highest BCUT2D eigenvalue weighted by atomic mass is 79.9. The fraction of sp³-hybridized carbons (Fsp3) is 0.571. The molecule has 120 valence electrons. The lowest BCUT2D eigenvalue weighted by molar-refractivity contribution is 0.452. The molecule has 0 amide bonds. The summed E-state index contributed by atoms with van der Waals surface area (Å²) in [4.78, 5) is -0.275. The molecule has 1 aromatic rings. The Morgan fingerprint density at radius 1 is 1.33 bits per heavy atom. The average molecular weight is 381 g/mol. The Labute approximate surface area is 134 Å². The van der Waals surface area contributed by atoms with Gasteiger partial charge < -0.3 is 5.32 Å². The van der Waals surface area contributed by atoms with Crippen molar-refractivity contribution in [3.8, 4) is 0 Å². The van der Waals surface area contributed by atoms with Gasteiger partial charge in [0.1, 0.15) is 10.7 Å². The Morgan fingerprint density at radius 2 is 2.00 bits per heavy atom. The number of unbranched alkanes of at least 4 members (excludes halogenated alkanes) is 1. The summed E-state index contributed by atoms with van der Waals surface area (Å²) >= 11 is 3.26. The lowest BCUT2D eigenvalue weighted by Gasteiger charge is -2.18. The second kappa shape index (κ2) is 8.22. The van der Waals surface area contributed by atoms with Gasteiger partial charge in [-0.1, -0.05) is 36.2 Å². The van der Waals surface area contributed by atoms with E-state index < -0.39 is 15.8 Å². The maximum absolute atomic E-state index is 14.5. The highest BCUT2D eigenvalue weighted by molar-refractivity contribution is 9.10. The van der Waals surface area contributed by atoms with Crippen molar-refractivity contribution in [1.29, 1.82) is 0 Å². The van der Waals surface area contributed by atoms with Crippen LogP contribution in [0.2, 0.25) is 0 Å². The zero-order chi connectivity index (χ0) is 16.0. The van der Waals surface area contributed by atoms with Crippen molar-refractivity contribution < 1.29 is 12.8 Å². The third-order valence-electron chi connectivity index (χ3n) is 3.16. The van der Waals surface area contributed by atoms with Crippen LogP contribution in [0.1, 0.15) is 32.3 Å². The number of sulfonamides is 1. The SMILES string of the molecule is CCCCN(C)S(=O)(=O)c1cc(Br)cc(CNCC)c1F. The highest BCUT2D eigenvalue weighted by Crippen LogP contribution is 2.26. The zero-order valence-electron chi connectivity index (χ0n) is 12.6. The molecule has 0 aliphatic carbocycles. The van der Waals surface area contributed by atoms with Crippen LogP contribution in [-0.2, 0) is 16.6 Å². The van der Waals surface area contributed by atoms with Crippen molar-refractivity contribution in [2.45, 2.75) is 38.1 Å². The molecule has 0 heterocycles. The number of nitrogens with one attached hydrogen (secondary N) is 1. The van der Waals surface area contributed by atoms with Crippen LogP contribution in [0.25, 0.3) is 0 Å². The molecule has 0 spiro atoms. The number of hydrogen-bond donors (Lipinski definition) is 1. The molecule has 0 radical (unpaired) electrons. The van der Waals surface area contributed by atoms with E-state index in [0.717, 1.165) is 12.8 Å². The third kappa shape index (κ3) is 4.74. The fourth-order valence-electron chi connectivity index (χ4n) is 1.86. The van der Waals surface area contributed by atoms with E-state index >= 15 is 0 Å². The first-order valence-electron chi connectivity index (χ1n) is 6.99. The molecule has 21 heavy (non-hydrogen) atoms. The van der Waals surface area contributed by atoms with Crippen molar-refractivity contribution in [2.75, 3.05) is 20.1 Å². The quantitative estimate of drug-likeness (QED) is 0.753. The molecule has 1 rings (SSSR count). The molecular formula is C14H22BrFN2O2S. The van der Waals surface area contributed by atoms with Gasteiger partial charge in [-0.2, -0.15) is 0 Å². The third-order valence-corrected chi connectivity index (χ3v) is 5.47. The van der Waals surface area contributed by atoms with E-state index in [1.807, 2.05) is 13.8 Å². The van der Waals surface area contributed by atoms with Crippen molar-refractivity contribution in [3.05, 3.63) is 28.0 Å². The van der Waals surface area contributed by atoms with Crippen molar-refractivity contribution in [2.24, 2.45) is 0 Å². The molecule has 4 nitrogen and oxygen atoms in total. The molecule has 1 aromatic carbocycles. The summed E-state index contributed by atoms with van der Waals surface area (Å²) in [6.45, 7) is 5.25. The number of benzene rings is 1. The lowest BCUT2D eigenvalue weighted by atomic mass is 10.2. The molecule has 0 bridgehead atoms. The maximum Gasteiger partial charge on any atom is 0.245 e. The second-order valence-corrected chi connectivity index (χ2v) is 7.77. The van der Waals surface area contributed by atoms with E-state index in [1.54, 1.807) is 6.07 Å². The maximum atomic E-state index is 14.5. The van der Waals surface area contributed by atoms with Gasteiger partial charge in [-0.25, -0.2) is 17.1 Å². The minimum absolute atomic E-state index is 0.275. The molecule has 0 fully saturated rings. The molecule has 0 aliphatic heterocycles. The zero-order valence-corrected chi connectivity index (χ0v) is 15.0. The predicted molar refractivity (Wildman–Crippen MR) is 86.2 cm³/mol. The molecule has 0 aliphatic rings. The van der Waals surface area contributed by atoms with Crippen LogP contribution in [0, 0.1) is 5.82 Å². The smallest absolute Gasteiger partial charge is 0.245 e. The van der Waals surface area contributed by atoms with Gasteiger partial charge in [-0.15, -0.1) is 0 Å². The number of halogens is 2. The van der Waals surface area contributed by atoms with Gasteiger partial charge >= 0.3 is 0 Å². The second-order valence-electron chi connectivity index (χ2n) is 4.84. The Hall–Kier alpha value is -0.500. The molecular weight excluding hydrogens is 359 g/mol. The van der Waals surface area contributed by atoms with Crippen LogP contribution in [0.15, 0.2) is 21.5 Å². The van der Waals surface area contributed by atoms with E-state index in [-0.39, 0.29) is 4.90 Å². The number of hydrogen-bond acceptors (Lipinski definition) is 3. The molecule has 0 aromatic heterocycles. The van der Waals surface area contributed by atoms with E-state index in [2.05, 4.69) is 21.2 Å². The topological polar surface area (TPSA) is 49.4 Å². The van der Waals surface area contributed by atoms with Gasteiger partial charge in [0, 0.05) is 30.2 Å². The normalized spacial score (nSPS) is 12.1. The van der Waals surface area contributed by atoms with E-state index in [4.69, 9.17) is 0 Å². The molecule has 0 atom stereocenters. The first-order valence-corrected chi connectivity index (χ1v) is 9.22. The first kappa shape index (κ1) is 18.5. The van der Waals surface area contributed by atoms with Crippen molar-refractivity contribution in [1.82, 2.24) is 9.62 Å². The minimum Gasteiger partial charge on any atom is -0.313 e. The van der Waals surface area contributed by atoms with Crippen molar-refractivity contribution >= 4 is 26.0 Å². The lowest BCUT2D eigenvalue weighted by Crippen LogP contribution is -2.29. The van der Waals surface area contributed by atoms with Gasteiger partial charge in [-0.3, -0.25) is 0 Å². The Kier molecular flexibility index (Phi) is 7.26. The van der Waals surface area contributed by atoms with Gasteiger partial charge in [0.05, 0.1) is 0 Å². The largest absolute Gasteiger partial charge is 0.313 e. The molecule has 0 unspecified atom stereocenters.